The van der Waals surface area contributed by atoms with Crippen molar-refractivity contribution in [3.05, 3.63) is 59.7 Å². The lowest BCUT2D eigenvalue weighted by atomic mass is 9.92. The highest BCUT2D eigenvalue weighted by Gasteiger charge is 2.57. The van der Waals surface area contributed by atoms with E-state index in [1.54, 1.807) is 83.5 Å². The molecular weight excluding hydrogens is 440 g/mol. The van der Waals surface area contributed by atoms with E-state index < -0.39 is 29.4 Å². The van der Waals surface area contributed by atoms with Gasteiger partial charge >= 0.3 is 6.09 Å². The number of hydroxylamine groups is 2. The molecule has 1 atom stereocenters. The molecule has 0 radical (unpaired) electrons. The highest BCUT2D eigenvalue weighted by atomic mass is 16.7. The van der Waals surface area contributed by atoms with E-state index in [1.807, 2.05) is 0 Å². The topological polar surface area (TPSA) is 86.8 Å². The van der Waals surface area contributed by atoms with Crippen molar-refractivity contribution < 1.29 is 33.4 Å². The van der Waals surface area contributed by atoms with Crippen molar-refractivity contribution in [1.29, 1.82) is 0 Å². The van der Waals surface area contributed by atoms with E-state index in [9.17, 15) is 9.59 Å². The lowest BCUT2D eigenvalue weighted by molar-refractivity contribution is -0.174. The number of ether oxygens (including phenoxy) is 4. The van der Waals surface area contributed by atoms with Gasteiger partial charge in [-0.25, -0.2) is 9.86 Å². The lowest BCUT2D eigenvalue weighted by Crippen LogP contribution is -2.56. The highest BCUT2D eigenvalue weighted by Crippen LogP contribution is 2.45. The zero-order valence-electron chi connectivity index (χ0n) is 20.7. The number of carbonyl (C=O) groups is 2. The minimum absolute atomic E-state index is 0.0656. The molecule has 1 aliphatic heterocycles. The number of hydrogen-bond acceptors (Lipinski definition) is 7. The van der Waals surface area contributed by atoms with Crippen LogP contribution in [-0.2, 0) is 24.8 Å². The predicted octanol–water partition coefficient (Wildman–Crippen LogP) is 3.56. The van der Waals surface area contributed by atoms with Crippen LogP contribution in [0, 0.1) is 0 Å². The number of likely N-dealkylation sites (N-methyl/N-ethyl adjacent to an activating group) is 1. The molecule has 1 saturated heterocycles. The zero-order chi connectivity index (χ0) is 25.1. The Morgan fingerprint density at radius 2 is 1.41 bits per heavy atom. The Balaban J connectivity index is 2.24. The first-order valence-electron chi connectivity index (χ1n) is 10.8. The van der Waals surface area contributed by atoms with Crippen LogP contribution in [0.25, 0.3) is 0 Å². The monoisotopic (exact) mass is 472 g/mol. The quantitative estimate of drug-likeness (QED) is 0.594. The molecule has 1 fully saturated rings. The van der Waals surface area contributed by atoms with Crippen molar-refractivity contribution in [3.63, 3.8) is 0 Å². The van der Waals surface area contributed by atoms with Gasteiger partial charge in [0.2, 0.25) is 0 Å². The van der Waals surface area contributed by atoms with E-state index in [0.717, 1.165) is 5.06 Å². The summed E-state index contributed by atoms with van der Waals surface area (Å²) in [6.07, 6.45) is -0.695. The highest BCUT2D eigenvalue weighted by molar-refractivity contribution is 5.86. The van der Waals surface area contributed by atoms with Gasteiger partial charge in [-0.05, 0) is 45.0 Å². The van der Waals surface area contributed by atoms with Gasteiger partial charge in [-0.1, -0.05) is 24.3 Å². The molecule has 0 N–H and O–H groups in total. The van der Waals surface area contributed by atoms with Crippen molar-refractivity contribution in [1.82, 2.24) is 9.96 Å². The molecule has 1 aliphatic rings. The zero-order valence-corrected chi connectivity index (χ0v) is 20.7. The lowest BCUT2D eigenvalue weighted by Gasteiger charge is -2.40. The minimum Gasteiger partial charge on any atom is -0.497 e. The summed E-state index contributed by atoms with van der Waals surface area (Å²) >= 11 is 0. The standard InChI is InChI=1S/C25H32N2O7/c1-24(2,3)34-23(29)27-21(22(28)26(4)32-7)16-33-25(27,17-8-12-19(30-5)13-9-17)18-10-14-20(31-6)15-11-18/h8-15,21H,16H2,1-7H3. The summed E-state index contributed by atoms with van der Waals surface area (Å²) in [5, 5.41) is 1.07. The van der Waals surface area contributed by atoms with Crippen molar-refractivity contribution >= 4 is 12.0 Å². The van der Waals surface area contributed by atoms with Gasteiger partial charge in [0.25, 0.3) is 5.91 Å². The largest absolute Gasteiger partial charge is 0.497 e. The summed E-state index contributed by atoms with van der Waals surface area (Å²) < 4.78 is 22.7. The second-order valence-electron chi connectivity index (χ2n) is 8.80. The number of hydrogen-bond donors (Lipinski definition) is 0. The summed E-state index contributed by atoms with van der Waals surface area (Å²) in [4.78, 5) is 33.4. The van der Waals surface area contributed by atoms with Crippen molar-refractivity contribution in [2.24, 2.45) is 0 Å². The van der Waals surface area contributed by atoms with Gasteiger partial charge in [-0.2, -0.15) is 0 Å². The fourth-order valence-electron chi connectivity index (χ4n) is 3.86. The molecule has 1 unspecified atom stereocenters. The van der Waals surface area contributed by atoms with Crippen molar-refractivity contribution in [2.45, 2.75) is 38.1 Å². The van der Waals surface area contributed by atoms with E-state index in [4.69, 9.17) is 23.8 Å². The molecule has 184 valence electrons. The molecular formula is C25H32N2O7. The molecule has 3 rings (SSSR count). The molecule has 9 nitrogen and oxygen atoms in total. The number of benzene rings is 2. The number of amides is 2. The van der Waals surface area contributed by atoms with Gasteiger partial charge in [0.05, 0.1) is 27.9 Å². The van der Waals surface area contributed by atoms with E-state index in [1.165, 1.54) is 19.1 Å². The second kappa shape index (κ2) is 9.90. The molecule has 0 saturated carbocycles. The van der Waals surface area contributed by atoms with E-state index in [-0.39, 0.29) is 6.61 Å². The third kappa shape index (κ3) is 4.80. The molecule has 2 aromatic carbocycles. The maximum absolute atomic E-state index is 13.7. The number of carbonyl (C=O) groups excluding carboxylic acids is 2. The van der Waals surface area contributed by atoms with Crippen LogP contribution in [0.5, 0.6) is 11.5 Å². The van der Waals surface area contributed by atoms with Crippen LogP contribution in [-0.4, -0.2) is 68.6 Å². The summed E-state index contributed by atoms with van der Waals surface area (Å²) in [6.45, 7) is 5.23. The molecule has 1 heterocycles. The van der Waals surface area contributed by atoms with Crippen LogP contribution in [0.1, 0.15) is 31.9 Å². The summed E-state index contributed by atoms with van der Waals surface area (Å²) in [6, 6.07) is 13.3. The van der Waals surface area contributed by atoms with Gasteiger partial charge in [0, 0.05) is 18.2 Å². The van der Waals surface area contributed by atoms with Crippen LogP contribution in [0.4, 0.5) is 4.79 Å². The van der Waals surface area contributed by atoms with Crippen LogP contribution >= 0.6 is 0 Å². The second-order valence-corrected chi connectivity index (χ2v) is 8.80. The number of nitrogens with zero attached hydrogens (tertiary/aromatic N) is 2. The van der Waals surface area contributed by atoms with E-state index in [2.05, 4.69) is 0 Å². The van der Waals surface area contributed by atoms with Crippen molar-refractivity contribution in [3.8, 4) is 11.5 Å². The summed E-state index contributed by atoms with van der Waals surface area (Å²) in [5.74, 6) is 0.835. The maximum atomic E-state index is 13.7. The smallest absolute Gasteiger partial charge is 0.413 e. The Bertz CT molecular complexity index is 952. The first kappa shape index (κ1) is 25.3. The van der Waals surface area contributed by atoms with Crippen LogP contribution in [0.2, 0.25) is 0 Å². The van der Waals surface area contributed by atoms with Gasteiger partial charge < -0.3 is 18.9 Å². The van der Waals surface area contributed by atoms with Gasteiger partial charge in [0.15, 0.2) is 5.72 Å². The van der Waals surface area contributed by atoms with Crippen LogP contribution < -0.4 is 9.47 Å². The average molecular weight is 473 g/mol. The molecule has 0 aromatic heterocycles. The molecule has 2 aromatic rings. The first-order chi connectivity index (χ1) is 16.1. The average Bonchev–Trinajstić information content (AvgIpc) is 3.23. The Morgan fingerprint density at radius 1 is 0.941 bits per heavy atom. The molecule has 0 bridgehead atoms. The molecule has 0 spiro atoms. The Kier molecular flexibility index (Phi) is 7.38. The SMILES string of the molecule is COc1ccc(C2(c3ccc(OC)cc3)OCC(C(=O)N(C)OC)N2C(=O)OC(C)(C)C)cc1. The normalized spacial score (nSPS) is 17.3. The van der Waals surface area contributed by atoms with Gasteiger partial charge in [-0.3, -0.25) is 14.5 Å². The third-order valence-corrected chi connectivity index (χ3v) is 5.52. The van der Waals surface area contributed by atoms with E-state index in [0.29, 0.717) is 22.6 Å². The molecule has 9 heteroatoms. The van der Waals surface area contributed by atoms with Crippen molar-refractivity contribution in [2.75, 3.05) is 35.0 Å². The Hall–Kier alpha value is -3.30. The minimum atomic E-state index is -1.45. The predicted molar refractivity (Wildman–Crippen MR) is 124 cm³/mol. The molecule has 2 amide bonds. The summed E-state index contributed by atoms with van der Waals surface area (Å²) in [7, 11) is 6.01. The van der Waals surface area contributed by atoms with Crippen LogP contribution in [0.3, 0.4) is 0 Å². The number of methoxy groups -OCH3 is 2. The first-order valence-corrected chi connectivity index (χ1v) is 10.8. The van der Waals surface area contributed by atoms with E-state index >= 15 is 0 Å². The fraction of sp³-hybridized carbons (Fsp3) is 0.440. The molecule has 0 aliphatic carbocycles. The van der Waals surface area contributed by atoms with Crippen LogP contribution in [0.15, 0.2) is 48.5 Å². The van der Waals surface area contributed by atoms with Gasteiger partial charge in [-0.15, -0.1) is 0 Å². The fourth-order valence-corrected chi connectivity index (χ4v) is 3.86. The Morgan fingerprint density at radius 3 is 1.79 bits per heavy atom. The molecule has 34 heavy (non-hydrogen) atoms. The number of rotatable bonds is 6. The third-order valence-electron chi connectivity index (χ3n) is 5.52. The maximum Gasteiger partial charge on any atom is 0.413 e. The summed E-state index contributed by atoms with van der Waals surface area (Å²) in [5.41, 5.74) is -0.999. The Labute approximate surface area is 200 Å². The van der Waals surface area contributed by atoms with Gasteiger partial charge in [0.1, 0.15) is 23.1 Å².